The number of carbonyl (C=O) groups is 3. The summed E-state index contributed by atoms with van der Waals surface area (Å²) in [6, 6.07) is 1.73. The number of nitrogens with two attached hydrogens (primary N) is 1. The molecular weight excluding hydrogens is 405 g/mol. The summed E-state index contributed by atoms with van der Waals surface area (Å²) in [5.74, 6) is -2.00. The molecular formula is C19H23F3N4O4. The maximum absolute atomic E-state index is 13.6. The van der Waals surface area contributed by atoms with E-state index in [9.17, 15) is 27.6 Å². The van der Waals surface area contributed by atoms with Crippen LogP contribution in [0.25, 0.3) is 0 Å². The number of alkyl halides is 3. The molecule has 0 unspecified atom stereocenters. The summed E-state index contributed by atoms with van der Waals surface area (Å²) in [7, 11) is 0. The minimum atomic E-state index is -4.76. The van der Waals surface area contributed by atoms with Gasteiger partial charge in [-0.05, 0) is 43.5 Å². The summed E-state index contributed by atoms with van der Waals surface area (Å²) < 4.78 is 45.8. The van der Waals surface area contributed by atoms with Crippen LogP contribution in [0, 0.1) is 5.92 Å². The highest BCUT2D eigenvalue weighted by molar-refractivity contribution is 6.09. The highest BCUT2D eigenvalue weighted by Crippen LogP contribution is 2.38. The van der Waals surface area contributed by atoms with E-state index in [1.165, 1.54) is 6.07 Å². The van der Waals surface area contributed by atoms with E-state index in [1.807, 2.05) is 0 Å². The Hall–Kier alpha value is -2.66. The van der Waals surface area contributed by atoms with Crippen molar-refractivity contribution < 1.29 is 32.3 Å². The molecule has 164 valence electrons. The maximum atomic E-state index is 13.6. The van der Waals surface area contributed by atoms with Crippen molar-refractivity contribution in [3.8, 4) is 0 Å². The van der Waals surface area contributed by atoms with Gasteiger partial charge in [-0.15, -0.1) is 0 Å². The van der Waals surface area contributed by atoms with Gasteiger partial charge >= 0.3 is 6.18 Å². The lowest BCUT2D eigenvalue weighted by atomic mass is 9.85. The Bertz CT molecular complexity index is 826. The number of amides is 3. The van der Waals surface area contributed by atoms with Gasteiger partial charge in [0, 0.05) is 12.2 Å². The SMILES string of the molecule is NC(=O)[C@H](NCC1CCC1)C(=O)Nc1ccc(N2CCOCC2=O)c(C(F)(F)F)c1. The van der Waals surface area contributed by atoms with Crippen LogP contribution in [0.15, 0.2) is 18.2 Å². The van der Waals surface area contributed by atoms with Crippen LogP contribution in [-0.2, 0) is 25.3 Å². The Kier molecular flexibility index (Phi) is 6.61. The normalized spacial score (nSPS) is 18.6. The number of anilines is 2. The molecule has 1 atom stereocenters. The minimum Gasteiger partial charge on any atom is -0.370 e. The van der Waals surface area contributed by atoms with Gasteiger partial charge in [0.05, 0.1) is 17.9 Å². The number of ether oxygens (including phenoxy) is 1. The predicted octanol–water partition coefficient (Wildman–Crippen LogP) is 1.25. The van der Waals surface area contributed by atoms with Crippen LogP contribution in [0.3, 0.4) is 0 Å². The third-order valence-electron chi connectivity index (χ3n) is 5.23. The molecule has 8 nitrogen and oxygen atoms in total. The van der Waals surface area contributed by atoms with E-state index in [4.69, 9.17) is 10.5 Å². The Morgan fingerprint density at radius 3 is 2.60 bits per heavy atom. The van der Waals surface area contributed by atoms with Crippen LogP contribution < -0.4 is 21.3 Å². The van der Waals surface area contributed by atoms with Crippen LogP contribution in [-0.4, -0.2) is 50.1 Å². The van der Waals surface area contributed by atoms with Crippen molar-refractivity contribution in [1.82, 2.24) is 5.32 Å². The first-order chi connectivity index (χ1) is 14.2. The van der Waals surface area contributed by atoms with Gasteiger partial charge in [0.25, 0.3) is 11.8 Å². The number of hydrogen-bond acceptors (Lipinski definition) is 5. The first-order valence-corrected chi connectivity index (χ1v) is 9.59. The quantitative estimate of drug-likeness (QED) is 0.566. The van der Waals surface area contributed by atoms with Crippen LogP contribution in [0.4, 0.5) is 24.5 Å². The number of halogens is 3. The monoisotopic (exact) mass is 428 g/mol. The lowest BCUT2D eigenvalue weighted by molar-refractivity contribution is -0.137. The fraction of sp³-hybridized carbons (Fsp3) is 0.526. The van der Waals surface area contributed by atoms with Crippen LogP contribution in [0.1, 0.15) is 24.8 Å². The zero-order chi connectivity index (χ0) is 21.9. The van der Waals surface area contributed by atoms with Crippen LogP contribution in [0.2, 0.25) is 0 Å². The number of rotatable bonds is 7. The number of morpholine rings is 1. The number of benzene rings is 1. The summed E-state index contributed by atoms with van der Waals surface area (Å²) in [6.45, 7) is 0.229. The van der Waals surface area contributed by atoms with E-state index in [1.54, 1.807) is 0 Å². The molecule has 0 bridgehead atoms. The lowest BCUT2D eigenvalue weighted by Gasteiger charge is -2.29. The highest BCUT2D eigenvalue weighted by atomic mass is 19.4. The molecule has 3 rings (SSSR count). The van der Waals surface area contributed by atoms with E-state index >= 15 is 0 Å². The number of nitrogens with one attached hydrogen (secondary N) is 2. The van der Waals surface area contributed by atoms with E-state index in [-0.39, 0.29) is 31.1 Å². The van der Waals surface area contributed by atoms with Crippen molar-refractivity contribution >= 4 is 29.1 Å². The average molecular weight is 428 g/mol. The van der Waals surface area contributed by atoms with E-state index < -0.39 is 35.5 Å². The maximum Gasteiger partial charge on any atom is 0.418 e. The predicted molar refractivity (Wildman–Crippen MR) is 102 cm³/mol. The molecule has 30 heavy (non-hydrogen) atoms. The molecule has 2 fully saturated rings. The van der Waals surface area contributed by atoms with Crippen molar-refractivity contribution in [2.24, 2.45) is 11.7 Å². The van der Waals surface area contributed by atoms with Gasteiger partial charge in [0.2, 0.25) is 5.91 Å². The summed E-state index contributed by atoms with van der Waals surface area (Å²) >= 11 is 0. The molecule has 0 spiro atoms. The van der Waals surface area contributed by atoms with E-state index in [0.29, 0.717) is 12.5 Å². The van der Waals surface area contributed by atoms with Gasteiger partial charge in [0.1, 0.15) is 6.61 Å². The molecule has 1 aliphatic carbocycles. The van der Waals surface area contributed by atoms with Crippen molar-refractivity contribution in [1.29, 1.82) is 0 Å². The van der Waals surface area contributed by atoms with Gasteiger partial charge in [-0.3, -0.25) is 19.7 Å². The summed E-state index contributed by atoms with van der Waals surface area (Å²) in [5, 5.41) is 5.09. The lowest BCUT2D eigenvalue weighted by Crippen LogP contribution is -2.51. The van der Waals surface area contributed by atoms with Gasteiger partial charge in [-0.2, -0.15) is 13.2 Å². The standard InChI is InChI=1S/C19H23F3N4O4/c20-19(21,22)13-8-12(4-5-14(13)26-6-7-30-10-15(26)27)25-18(29)16(17(23)28)24-9-11-2-1-3-11/h4-5,8,11,16,24H,1-3,6-7,9-10H2,(H2,23,28)(H,25,29)/t16-/m0/s1. The Balaban J connectivity index is 1.78. The van der Waals surface area contributed by atoms with Crippen LogP contribution >= 0.6 is 0 Å². The largest absolute Gasteiger partial charge is 0.418 e. The molecule has 1 heterocycles. The topological polar surface area (TPSA) is 114 Å². The molecule has 3 amide bonds. The third kappa shape index (κ3) is 5.08. The first kappa shape index (κ1) is 22.0. The molecule has 1 aromatic carbocycles. The van der Waals surface area contributed by atoms with E-state index in [0.717, 1.165) is 36.3 Å². The van der Waals surface area contributed by atoms with Gasteiger partial charge in [-0.25, -0.2) is 0 Å². The van der Waals surface area contributed by atoms with Gasteiger partial charge in [-0.1, -0.05) is 6.42 Å². The van der Waals surface area contributed by atoms with Crippen molar-refractivity contribution in [3.63, 3.8) is 0 Å². The molecule has 1 saturated heterocycles. The molecule has 0 aromatic heterocycles. The summed E-state index contributed by atoms with van der Waals surface area (Å²) in [6.07, 6.45) is -1.72. The molecule has 4 N–H and O–H groups in total. The fourth-order valence-electron chi connectivity index (χ4n) is 3.37. The molecule has 11 heteroatoms. The average Bonchev–Trinajstić information content (AvgIpc) is 2.63. The van der Waals surface area contributed by atoms with E-state index in [2.05, 4.69) is 10.6 Å². The second-order valence-electron chi connectivity index (χ2n) is 7.36. The molecule has 1 aromatic rings. The molecule has 1 aliphatic heterocycles. The Morgan fingerprint density at radius 2 is 2.03 bits per heavy atom. The van der Waals surface area contributed by atoms with Gasteiger partial charge < -0.3 is 20.7 Å². The highest BCUT2D eigenvalue weighted by Gasteiger charge is 2.37. The summed E-state index contributed by atoms with van der Waals surface area (Å²) in [5.41, 5.74) is 3.72. The number of carbonyl (C=O) groups excluding carboxylic acids is 3. The minimum absolute atomic E-state index is 0.0115. The zero-order valence-electron chi connectivity index (χ0n) is 16.1. The smallest absolute Gasteiger partial charge is 0.370 e. The second kappa shape index (κ2) is 9.00. The van der Waals surface area contributed by atoms with Crippen molar-refractivity contribution in [3.05, 3.63) is 23.8 Å². The first-order valence-electron chi connectivity index (χ1n) is 9.59. The number of hydrogen-bond donors (Lipinski definition) is 3. The Morgan fingerprint density at radius 1 is 1.30 bits per heavy atom. The zero-order valence-corrected chi connectivity index (χ0v) is 16.1. The fourth-order valence-corrected chi connectivity index (χ4v) is 3.37. The molecule has 2 aliphatic rings. The van der Waals surface area contributed by atoms with Crippen LogP contribution in [0.5, 0.6) is 0 Å². The Labute approximate surface area is 170 Å². The second-order valence-corrected chi connectivity index (χ2v) is 7.36. The summed E-state index contributed by atoms with van der Waals surface area (Å²) in [4.78, 5) is 37.0. The van der Waals surface area contributed by atoms with Crippen molar-refractivity contribution in [2.45, 2.75) is 31.5 Å². The third-order valence-corrected chi connectivity index (χ3v) is 5.23. The van der Waals surface area contributed by atoms with Gasteiger partial charge in [0.15, 0.2) is 6.04 Å². The van der Waals surface area contributed by atoms with Crippen molar-refractivity contribution in [2.75, 3.05) is 36.5 Å². The number of nitrogens with zero attached hydrogens (tertiary/aromatic N) is 1. The molecule has 1 saturated carbocycles. The molecule has 0 radical (unpaired) electrons. The number of primary amides is 1.